The smallest absolute Gasteiger partial charge is 0.316 e. The van der Waals surface area contributed by atoms with Crippen molar-refractivity contribution in [2.45, 2.75) is 45.6 Å². The van der Waals surface area contributed by atoms with Crippen LogP contribution in [-0.2, 0) is 16.1 Å². The van der Waals surface area contributed by atoms with Gasteiger partial charge in [-0.2, -0.15) is 0 Å². The van der Waals surface area contributed by atoms with Crippen LogP contribution in [0.4, 0.5) is 0 Å². The lowest BCUT2D eigenvalue weighted by atomic mass is 9.79. The van der Waals surface area contributed by atoms with E-state index in [-0.39, 0.29) is 11.8 Å². The highest BCUT2D eigenvalue weighted by molar-refractivity contribution is 5.97. The first kappa shape index (κ1) is 17.4. The average molecular weight is 340 g/mol. The van der Waals surface area contributed by atoms with Crippen molar-refractivity contribution in [3.63, 3.8) is 0 Å². The van der Waals surface area contributed by atoms with Crippen LogP contribution in [0.2, 0.25) is 0 Å². The maximum absolute atomic E-state index is 12.6. The highest BCUT2D eigenvalue weighted by Gasteiger charge is 2.35. The largest absolute Gasteiger partial charge is 0.481 e. The van der Waals surface area contributed by atoms with Gasteiger partial charge in [-0.25, -0.2) is 0 Å². The molecule has 0 bridgehead atoms. The number of carbonyl (C=O) groups excluding carboxylic acids is 1. The van der Waals surface area contributed by atoms with Gasteiger partial charge < -0.3 is 10.4 Å². The van der Waals surface area contributed by atoms with Gasteiger partial charge in [0.25, 0.3) is 0 Å². The van der Waals surface area contributed by atoms with Crippen LogP contribution in [0, 0.1) is 18.8 Å². The molecule has 132 valence electrons. The number of carboxylic acid groups (broad SMARTS) is 1. The summed E-state index contributed by atoms with van der Waals surface area (Å²) in [5.41, 5.74) is 2.93. The Kier molecular flexibility index (Phi) is 5.31. The highest BCUT2D eigenvalue weighted by atomic mass is 16.4. The van der Waals surface area contributed by atoms with Crippen molar-refractivity contribution in [2.24, 2.45) is 11.8 Å². The van der Waals surface area contributed by atoms with Gasteiger partial charge in [-0.15, -0.1) is 0 Å². The monoisotopic (exact) mass is 340 g/mol. The minimum Gasteiger partial charge on any atom is -0.481 e. The third kappa shape index (κ3) is 3.81. The molecule has 5 heteroatoms. The van der Waals surface area contributed by atoms with E-state index in [1.165, 1.54) is 0 Å². The molecular formula is C20H24N2O3. The molecule has 0 saturated heterocycles. The Morgan fingerprint density at radius 2 is 2.00 bits per heavy atom. The molecule has 1 aromatic carbocycles. The molecule has 1 saturated carbocycles. The van der Waals surface area contributed by atoms with Gasteiger partial charge >= 0.3 is 5.97 Å². The van der Waals surface area contributed by atoms with Crippen molar-refractivity contribution in [1.29, 1.82) is 0 Å². The van der Waals surface area contributed by atoms with E-state index in [1.54, 1.807) is 6.20 Å². The second-order valence-electron chi connectivity index (χ2n) is 6.86. The van der Waals surface area contributed by atoms with Crippen molar-refractivity contribution in [1.82, 2.24) is 10.3 Å². The van der Waals surface area contributed by atoms with Crippen LogP contribution in [0.25, 0.3) is 10.9 Å². The van der Waals surface area contributed by atoms with E-state index in [2.05, 4.69) is 10.3 Å². The second-order valence-corrected chi connectivity index (χ2v) is 6.86. The van der Waals surface area contributed by atoms with Gasteiger partial charge in [-0.3, -0.25) is 14.6 Å². The highest BCUT2D eigenvalue weighted by Crippen LogP contribution is 2.30. The maximum atomic E-state index is 12.6. The molecule has 0 spiro atoms. The zero-order valence-electron chi connectivity index (χ0n) is 14.5. The van der Waals surface area contributed by atoms with Gasteiger partial charge in [0.2, 0.25) is 5.91 Å². The van der Waals surface area contributed by atoms with E-state index in [0.717, 1.165) is 54.1 Å². The van der Waals surface area contributed by atoms with E-state index < -0.39 is 11.9 Å². The van der Waals surface area contributed by atoms with Crippen LogP contribution in [0.5, 0.6) is 0 Å². The van der Waals surface area contributed by atoms with Gasteiger partial charge in [0.1, 0.15) is 5.92 Å². The van der Waals surface area contributed by atoms with Crippen LogP contribution in [-0.4, -0.2) is 22.0 Å². The topological polar surface area (TPSA) is 79.3 Å². The number of hydrogen-bond acceptors (Lipinski definition) is 3. The number of nitrogens with zero attached hydrogens (tertiary/aromatic N) is 1. The van der Waals surface area contributed by atoms with Crippen LogP contribution in [0.3, 0.4) is 0 Å². The molecule has 0 aliphatic heterocycles. The number of fused-ring (bicyclic) bond motifs is 1. The normalized spacial score (nSPS) is 16.5. The van der Waals surface area contributed by atoms with E-state index in [4.69, 9.17) is 0 Å². The molecule has 2 aromatic rings. The third-order valence-corrected chi connectivity index (χ3v) is 5.24. The standard InChI is InChI=1S/C20H24N2O3/c1-13-9-10-17-15(8-5-11-21-17)16(13)12-22-19(23)18(20(24)25)14-6-3-2-4-7-14/h5,8-11,14,18H,2-4,6-7,12H2,1H3,(H,22,23)(H,24,25)/t18-/m0/s1. The number of amides is 1. The summed E-state index contributed by atoms with van der Waals surface area (Å²) in [6.45, 7) is 2.31. The number of carbonyl (C=O) groups is 2. The lowest BCUT2D eigenvalue weighted by molar-refractivity contribution is -0.150. The SMILES string of the molecule is Cc1ccc2ncccc2c1CNC(=O)[C@@H](C(=O)O)C1CCCCC1. The van der Waals surface area contributed by atoms with Crippen molar-refractivity contribution in [2.75, 3.05) is 0 Å². The van der Waals surface area contributed by atoms with Crippen molar-refractivity contribution < 1.29 is 14.7 Å². The lowest BCUT2D eigenvalue weighted by Gasteiger charge is -2.26. The predicted molar refractivity (Wildman–Crippen MR) is 96.0 cm³/mol. The molecule has 2 N–H and O–H groups in total. The number of pyridine rings is 1. The Hall–Kier alpha value is -2.43. The zero-order valence-corrected chi connectivity index (χ0v) is 14.5. The van der Waals surface area contributed by atoms with Gasteiger partial charge in [-0.05, 0) is 48.9 Å². The van der Waals surface area contributed by atoms with Crippen LogP contribution in [0.15, 0.2) is 30.5 Å². The number of benzene rings is 1. The lowest BCUT2D eigenvalue weighted by Crippen LogP contribution is -2.40. The van der Waals surface area contributed by atoms with E-state index in [1.807, 2.05) is 31.2 Å². The van der Waals surface area contributed by atoms with Gasteiger partial charge in [0, 0.05) is 18.1 Å². The number of carboxylic acids is 1. The minimum atomic E-state index is -1.01. The van der Waals surface area contributed by atoms with Gasteiger partial charge in [-0.1, -0.05) is 31.4 Å². The van der Waals surface area contributed by atoms with Crippen molar-refractivity contribution >= 4 is 22.8 Å². The summed E-state index contributed by atoms with van der Waals surface area (Å²) in [4.78, 5) is 28.6. The summed E-state index contributed by atoms with van der Waals surface area (Å²) in [6, 6.07) is 7.78. The molecule has 1 aliphatic rings. The quantitative estimate of drug-likeness (QED) is 0.817. The molecule has 0 radical (unpaired) electrons. The van der Waals surface area contributed by atoms with Gasteiger partial charge in [0.15, 0.2) is 0 Å². The molecule has 3 rings (SSSR count). The number of aliphatic carboxylic acids is 1. The molecule has 1 aromatic heterocycles. The fourth-order valence-corrected chi connectivity index (χ4v) is 3.84. The van der Waals surface area contributed by atoms with Crippen LogP contribution < -0.4 is 5.32 Å². The number of rotatable bonds is 5. The summed E-state index contributed by atoms with van der Waals surface area (Å²) in [5.74, 6) is -2.39. The van der Waals surface area contributed by atoms with Crippen LogP contribution >= 0.6 is 0 Å². The first-order valence-corrected chi connectivity index (χ1v) is 8.91. The second kappa shape index (κ2) is 7.64. The van der Waals surface area contributed by atoms with E-state index in [9.17, 15) is 14.7 Å². The molecule has 1 atom stereocenters. The number of aryl methyl sites for hydroxylation is 1. The predicted octanol–water partition coefficient (Wildman–Crippen LogP) is 3.44. The van der Waals surface area contributed by atoms with E-state index in [0.29, 0.717) is 6.54 Å². The summed E-state index contributed by atoms with van der Waals surface area (Å²) >= 11 is 0. The third-order valence-electron chi connectivity index (χ3n) is 5.24. The molecule has 1 aliphatic carbocycles. The average Bonchev–Trinajstić information content (AvgIpc) is 2.61. The summed E-state index contributed by atoms with van der Waals surface area (Å²) < 4.78 is 0. The first-order chi connectivity index (χ1) is 12.1. The number of aromatic nitrogens is 1. The van der Waals surface area contributed by atoms with E-state index >= 15 is 0 Å². The number of hydrogen-bond donors (Lipinski definition) is 2. The number of nitrogens with one attached hydrogen (secondary N) is 1. The fraction of sp³-hybridized carbons (Fsp3) is 0.450. The molecular weight excluding hydrogens is 316 g/mol. The Morgan fingerprint density at radius 1 is 1.24 bits per heavy atom. The Labute approximate surface area is 147 Å². The Bertz CT molecular complexity index is 782. The molecule has 1 amide bonds. The fourth-order valence-electron chi connectivity index (χ4n) is 3.84. The van der Waals surface area contributed by atoms with Crippen molar-refractivity contribution in [3.05, 3.63) is 41.6 Å². The zero-order chi connectivity index (χ0) is 17.8. The maximum Gasteiger partial charge on any atom is 0.316 e. The molecule has 1 fully saturated rings. The summed E-state index contributed by atoms with van der Waals surface area (Å²) in [7, 11) is 0. The van der Waals surface area contributed by atoms with Crippen LogP contribution in [0.1, 0.15) is 43.2 Å². The summed E-state index contributed by atoms with van der Waals surface area (Å²) in [6.07, 6.45) is 6.53. The first-order valence-electron chi connectivity index (χ1n) is 8.91. The molecule has 25 heavy (non-hydrogen) atoms. The molecule has 5 nitrogen and oxygen atoms in total. The molecule has 1 heterocycles. The Balaban J connectivity index is 1.77. The summed E-state index contributed by atoms with van der Waals surface area (Å²) in [5, 5.41) is 13.4. The van der Waals surface area contributed by atoms with Gasteiger partial charge in [0.05, 0.1) is 5.52 Å². The van der Waals surface area contributed by atoms with Crippen molar-refractivity contribution in [3.8, 4) is 0 Å². The minimum absolute atomic E-state index is 0.0541. The Morgan fingerprint density at radius 3 is 2.72 bits per heavy atom. The molecule has 0 unspecified atom stereocenters.